The van der Waals surface area contributed by atoms with Crippen molar-refractivity contribution in [2.24, 2.45) is 0 Å². The molecule has 0 heterocycles. The van der Waals surface area contributed by atoms with Gasteiger partial charge in [-0.2, -0.15) is 0 Å². The van der Waals surface area contributed by atoms with Gasteiger partial charge in [0.25, 0.3) is 0 Å². The summed E-state index contributed by atoms with van der Waals surface area (Å²) in [6.45, 7) is 2.26. The molecule has 0 fully saturated rings. The molecular formula is C71H116O16P2. The number of hydrogen-bond donors (Lipinski definition) is 4. The van der Waals surface area contributed by atoms with Crippen molar-refractivity contribution in [1.82, 2.24) is 0 Å². The van der Waals surface area contributed by atoms with Gasteiger partial charge in [0.2, 0.25) is 0 Å². The molecule has 0 saturated heterocycles. The van der Waals surface area contributed by atoms with Crippen molar-refractivity contribution < 1.29 is 75.8 Å². The molecule has 4 N–H and O–H groups in total. The van der Waals surface area contributed by atoms with Gasteiger partial charge in [0.15, 0.2) is 6.10 Å². The summed E-state index contributed by atoms with van der Waals surface area (Å²) in [6.07, 6.45) is 75.0. The molecule has 5 unspecified atom stereocenters. The Morgan fingerprint density at radius 1 is 0.326 bits per heavy atom. The number of allylic oxidation sites excluding steroid dienone is 24. The van der Waals surface area contributed by atoms with Crippen molar-refractivity contribution in [3.05, 3.63) is 146 Å². The largest absolute Gasteiger partial charge is 0.472 e. The van der Waals surface area contributed by atoms with E-state index < -0.39 is 91.5 Å². The zero-order chi connectivity index (χ0) is 65.3. The Bertz CT molecular complexity index is 2210. The van der Waals surface area contributed by atoms with Gasteiger partial charge in [-0.1, -0.05) is 224 Å². The van der Waals surface area contributed by atoms with Crippen LogP contribution >= 0.6 is 15.6 Å². The number of phosphoric acid groups is 2. The van der Waals surface area contributed by atoms with Gasteiger partial charge in [-0.15, -0.1) is 0 Å². The predicted octanol–water partition coefficient (Wildman–Crippen LogP) is 18.2. The van der Waals surface area contributed by atoms with Crippen LogP contribution in [-0.2, 0) is 55.8 Å². The summed E-state index contributed by atoms with van der Waals surface area (Å²) in [5.41, 5.74) is 0. The third kappa shape index (κ3) is 64.8. The number of unbranched alkanes of at least 4 members (excludes halogenated alkanes) is 14. The van der Waals surface area contributed by atoms with Crippen molar-refractivity contribution in [3.8, 4) is 0 Å². The summed E-state index contributed by atoms with van der Waals surface area (Å²) in [4.78, 5) is 58.2. The average molecular weight is 1290 g/mol. The Hall–Kier alpha value is -4.57. The van der Waals surface area contributed by atoms with Gasteiger partial charge in [0.05, 0.1) is 26.4 Å². The summed E-state index contributed by atoms with van der Waals surface area (Å²) < 4.78 is 60.7. The minimum Gasteiger partial charge on any atom is -0.463 e. The number of aliphatic hydroxyl groups is 2. The van der Waals surface area contributed by atoms with Crippen LogP contribution in [0.15, 0.2) is 146 Å². The van der Waals surface area contributed by atoms with E-state index in [0.717, 1.165) is 148 Å². The molecule has 18 heteroatoms. The minimum absolute atomic E-state index is 0.0771. The molecule has 0 bridgehead atoms. The maximum absolute atomic E-state index is 12.8. The first kappa shape index (κ1) is 84.4. The zero-order valence-corrected chi connectivity index (χ0v) is 56.3. The van der Waals surface area contributed by atoms with E-state index in [1.54, 1.807) is 0 Å². The second-order valence-electron chi connectivity index (χ2n) is 21.5. The smallest absolute Gasteiger partial charge is 0.463 e. The first-order chi connectivity index (χ1) is 43.2. The number of aliphatic hydroxyl groups excluding tert-OH is 2. The van der Waals surface area contributed by atoms with Crippen LogP contribution in [0.5, 0.6) is 0 Å². The van der Waals surface area contributed by atoms with Crippen LogP contribution in [0, 0.1) is 0 Å². The third-order valence-electron chi connectivity index (χ3n) is 13.0. The lowest BCUT2D eigenvalue weighted by atomic mass is 10.1. The molecule has 89 heavy (non-hydrogen) atoms. The van der Waals surface area contributed by atoms with Gasteiger partial charge in [0, 0.05) is 19.3 Å². The Kier molecular flexibility index (Phi) is 60.3. The van der Waals surface area contributed by atoms with Crippen LogP contribution in [0.1, 0.15) is 226 Å². The molecule has 0 spiro atoms. The SMILES string of the molecule is CC/C=C\C/C=C\C/C=C\C/C=C\C/C=C\C/C=C\CCCCCCCCC(=O)OCC(O)COP(=O)(O)OCC(O)COP(=O)(O)OCC(COC(=O)CCC/C=C\C/C=C\C/C=C\C/C=C\C/C=C\CC)OC(=O)CCCCCCC/C=C\CCCC. The Morgan fingerprint density at radius 3 is 1.00 bits per heavy atom. The first-order valence-corrected chi connectivity index (χ1v) is 36.1. The summed E-state index contributed by atoms with van der Waals surface area (Å²) in [7, 11) is -9.80. The van der Waals surface area contributed by atoms with Crippen molar-refractivity contribution in [3.63, 3.8) is 0 Å². The van der Waals surface area contributed by atoms with E-state index in [-0.39, 0.29) is 19.3 Å². The molecule has 0 radical (unpaired) electrons. The molecule has 0 rings (SSSR count). The molecular weight excluding hydrogens is 1170 g/mol. The van der Waals surface area contributed by atoms with E-state index in [0.29, 0.717) is 25.7 Å². The molecule has 0 amide bonds. The zero-order valence-electron chi connectivity index (χ0n) is 54.5. The van der Waals surface area contributed by atoms with Crippen molar-refractivity contribution in [2.75, 3.05) is 39.6 Å². The third-order valence-corrected chi connectivity index (χ3v) is 14.9. The molecule has 16 nitrogen and oxygen atoms in total. The fourth-order valence-electron chi connectivity index (χ4n) is 8.00. The highest BCUT2D eigenvalue weighted by Gasteiger charge is 2.29. The lowest BCUT2D eigenvalue weighted by Gasteiger charge is -2.21. The molecule has 0 aromatic heterocycles. The number of phosphoric ester groups is 2. The molecule has 0 saturated carbocycles. The standard InChI is InChI=1S/C71H116O16P2/c1-4-7-10-13-16-19-22-24-26-28-29-30-31-32-33-34-35-37-39-40-43-45-48-51-54-57-69(74)81-60-66(72)61-83-88(77,78)84-62-67(73)63-85-89(79,80)86-65-68(87-71(76)59-56-53-50-47-42-21-18-15-12-9-6-3)64-82-70(75)58-55-52-49-46-44-41-38-36-27-25-23-20-17-14-11-8-5-2/h7-8,10-11,15-20,24-27,29-30,32-33,35,37-38,41,46,49,66-68,72-73H,4-6,9,12-14,21-23,28,31,34,36,39-40,42-45,47-48,50-65H2,1-3H3,(H,77,78)(H,79,80)/b10-7-,11-8-,18-15-,19-16-,20-17-,26-24-,27-25-,30-29-,33-32-,37-35-,41-38-,49-46-. The summed E-state index contributed by atoms with van der Waals surface area (Å²) in [6, 6.07) is 0. The monoisotopic (exact) mass is 1290 g/mol. The van der Waals surface area contributed by atoms with E-state index in [1.165, 1.54) is 12.8 Å². The van der Waals surface area contributed by atoms with E-state index in [9.17, 15) is 43.5 Å². The quantitative estimate of drug-likeness (QED) is 0.0146. The highest BCUT2D eigenvalue weighted by molar-refractivity contribution is 7.47. The van der Waals surface area contributed by atoms with Crippen LogP contribution in [0.3, 0.4) is 0 Å². The second-order valence-corrected chi connectivity index (χ2v) is 24.4. The molecule has 5 atom stereocenters. The van der Waals surface area contributed by atoms with E-state index >= 15 is 0 Å². The van der Waals surface area contributed by atoms with Crippen LogP contribution in [0.2, 0.25) is 0 Å². The number of hydrogen-bond acceptors (Lipinski definition) is 14. The molecule has 506 valence electrons. The van der Waals surface area contributed by atoms with E-state index in [2.05, 4.69) is 154 Å². The molecule has 0 aliphatic rings. The summed E-state index contributed by atoms with van der Waals surface area (Å²) in [5, 5.41) is 20.5. The molecule has 0 aromatic carbocycles. The second kappa shape index (κ2) is 63.6. The number of carbonyl (C=O) groups is 3. The maximum atomic E-state index is 12.8. The Morgan fingerprint density at radius 2 is 0.607 bits per heavy atom. The fourth-order valence-corrected chi connectivity index (χ4v) is 9.58. The van der Waals surface area contributed by atoms with Crippen molar-refractivity contribution in [1.29, 1.82) is 0 Å². The average Bonchev–Trinajstić information content (AvgIpc) is 3.52. The Balaban J connectivity index is 4.60. The lowest BCUT2D eigenvalue weighted by Crippen LogP contribution is -2.30. The van der Waals surface area contributed by atoms with E-state index in [4.69, 9.17) is 32.3 Å². The van der Waals surface area contributed by atoms with Crippen LogP contribution in [0.25, 0.3) is 0 Å². The van der Waals surface area contributed by atoms with Gasteiger partial charge in [0.1, 0.15) is 25.4 Å². The van der Waals surface area contributed by atoms with Crippen LogP contribution < -0.4 is 0 Å². The van der Waals surface area contributed by atoms with Gasteiger partial charge in [-0.05, 0) is 128 Å². The molecule has 0 aromatic rings. The van der Waals surface area contributed by atoms with E-state index in [1.807, 2.05) is 12.2 Å². The Labute approximate surface area is 537 Å². The summed E-state index contributed by atoms with van der Waals surface area (Å²) in [5.74, 6) is -1.68. The van der Waals surface area contributed by atoms with Gasteiger partial charge in [-0.3, -0.25) is 32.5 Å². The van der Waals surface area contributed by atoms with Crippen molar-refractivity contribution >= 4 is 33.6 Å². The number of rotatable bonds is 61. The van der Waals surface area contributed by atoms with Gasteiger partial charge >= 0.3 is 33.6 Å². The number of carbonyl (C=O) groups excluding carboxylic acids is 3. The van der Waals surface area contributed by atoms with Gasteiger partial charge < -0.3 is 34.2 Å². The minimum atomic E-state index is -4.94. The number of esters is 3. The van der Waals surface area contributed by atoms with Gasteiger partial charge in [-0.25, -0.2) is 9.13 Å². The molecule has 0 aliphatic carbocycles. The lowest BCUT2D eigenvalue weighted by molar-refractivity contribution is -0.161. The molecule has 0 aliphatic heterocycles. The van der Waals surface area contributed by atoms with Crippen molar-refractivity contribution in [2.45, 2.75) is 245 Å². The highest BCUT2D eigenvalue weighted by Crippen LogP contribution is 2.45. The maximum Gasteiger partial charge on any atom is 0.472 e. The fraction of sp³-hybridized carbons (Fsp3) is 0.620. The van der Waals surface area contributed by atoms with Crippen LogP contribution in [0.4, 0.5) is 0 Å². The summed E-state index contributed by atoms with van der Waals surface area (Å²) >= 11 is 0. The topological polar surface area (TPSA) is 231 Å². The normalized spacial score (nSPS) is 15.2. The first-order valence-electron chi connectivity index (χ1n) is 33.1. The van der Waals surface area contributed by atoms with Crippen LogP contribution in [-0.4, -0.2) is 95.9 Å². The highest BCUT2D eigenvalue weighted by atomic mass is 31.2. The number of ether oxygens (including phenoxy) is 3. The predicted molar refractivity (Wildman–Crippen MR) is 362 cm³/mol.